The van der Waals surface area contributed by atoms with E-state index in [4.69, 9.17) is 16.3 Å². The van der Waals surface area contributed by atoms with Crippen LogP contribution in [0.1, 0.15) is 31.2 Å². The quantitative estimate of drug-likeness (QED) is 0.859. The Morgan fingerprint density at radius 2 is 2.15 bits per heavy atom. The predicted molar refractivity (Wildman–Crippen MR) is 101 cm³/mol. The number of amides is 1. The zero-order valence-corrected chi connectivity index (χ0v) is 15.8. The van der Waals surface area contributed by atoms with Crippen molar-refractivity contribution >= 4 is 29.3 Å². The molecule has 0 bridgehead atoms. The Labute approximate surface area is 162 Å². The molecule has 0 aromatic carbocycles. The lowest BCUT2D eigenvalue weighted by atomic mass is 9.78. The first-order valence-electron chi connectivity index (χ1n) is 9.07. The highest BCUT2D eigenvalue weighted by Crippen LogP contribution is 2.40. The van der Waals surface area contributed by atoms with Crippen LogP contribution in [0.25, 0.3) is 0 Å². The molecule has 9 heteroatoms. The Kier molecular flexibility index (Phi) is 4.82. The van der Waals surface area contributed by atoms with E-state index in [0.29, 0.717) is 23.4 Å². The maximum Gasteiger partial charge on any atom is 0.416 e. The average Bonchev–Trinajstić information content (AvgIpc) is 2.99. The SMILES string of the molecule is Cc1cc(Cl)nnc1NCC1CCC2(CC1)CN(c1cccnn1)C(=O)O2. The minimum Gasteiger partial charge on any atom is -0.441 e. The molecule has 0 unspecified atom stereocenters. The minimum atomic E-state index is -0.416. The van der Waals surface area contributed by atoms with Crippen LogP contribution in [0.4, 0.5) is 16.4 Å². The van der Waals surface area contributed by atoms with Gasteiger partial charge in [0.05, 0.1) is 6.54 Å². The van der Waals surface area contributed by atoms with Crippen molar-refractivity contribution in [3.05, 3.63) is 35.1 Å². The molecule has 0 radical (unpaired) electrons. The maximum absolute atomic E-state index is 12.3. The lowest BCUT2D eigenvalue weighted by Crippen LogP contribution is -2.39. The van der Waals surface area contributed by atoms with Gasteiger partial charge in [-0.3, -0.25) is 4.90 Å². The largest absolute Gasteiger partial charge is 0.441 e. The van der Waals surface area contributed by atoms with E-state index in [1.807, 2.05) is 6.92 Å². The number of nitrogens with zero attached hydrogens (tertiary/aromatic N) is 5. The van der Waals surface area contributed by atoms with Crippen LogP contribution in [0.3, 0.4) is 0 Å². The van der Waals surface area contributed by atoms with Crippen molar-refractivity contribution in [3.63, 3.8) is 0 Å². The van der Waals surface area contributed by atoms with Gasteiger partial charge in [0.1, 0.15) is 5.60 Å². The molecular weight excluding hydrogens is 368 g/mol. The molecule has 1 saturated carbocycles. The van der Waals surface area contributed by atoms with Gasteiger partial charge in [0, 0.05) is 12.7 Å². The van der Waals surface area contributed by atoms with Gasteiger partial charge in [-0.25, -0.2) is 4.79 Å². The Balaban J connectivity index is 1.33. The first-order valence-corrected chi connectivity index (χ1v) is 9.44. The van der Waals surface area contributed by atoms with Crippen molar-refractivity contribution in [2.45, 2.75) is 38.2 Å². The number of hydrogen-bond acceptors (Lipinski definition) is 7. The molecular formula is C18H21ClN6O2. The third kappa shape index (κ3) is 3.80. The second-order valence-corrected chi connectivity index (χ2v) is 7.63. The number of carbonyl (C=O) groups excluding carboxylic acids is 1. The molecule has 1 saturated heterocycles. The first kappa shape index (κ1) is 17.9. The second-order valence-electron chi connectivity index (χ2n) is 7.24. The summed E-state index contributed by atoms with van der Waals surface area (Å²) in [6.45, 7) is 3.30. The van der Waals surface area contributed by atoms with Crippen molar-refractivity contribution in [2.24, 2.45) is 5.92 Å². The summed E-state index contributed by atoms with van der Waals surface area (Å²) in [5, 5.41) is 19.6. The number of halogens is 1. The summed E-state index contributed by atoms with van der Waals surface area (Å²) in [5.74, 6) is 1.80. The van der Waals surface area contributed by atoms with E-state index < -0.39 is 5.60 Å². The van der Waals surface area contributed by atoms with E-state index in [0.717, 1.165) is 43.6 Å². The summed E-state index contributed by atoms with van der Waals surface area (Å²) in [6.07, 6.45) is 4.90. The maximum atomic E-state index is 12.3. The summed E-state index contributed by atoms with van der Waals surface area (Å²) in [7, 11) is 0. The van der Waals surface area contributed by atoms with Gasteiger partial charge in [-0.2, -0.15) is 5.10 Å². The van der Waals surface area contributed by atoms with Crippen LogP contribution in [0.2, 0.25) is 5.15 Å². The number of carbonyl (C=O) groups is 1. The van der Waals surface area contributed by atoms with Crippen LogP contribution >= 0.6 is 11.6 Å². The van der Waals surface area contributed by atoms with Gasteiger partial charge in [-0.05, 0) is 62.3 Å². The Morgan fingerprint density at radius 1 is 1.33 bits per heavy atom. The molecule has 8 nitrogen and oxygen atoms in total. The Bertz CT molecular complexity index is 826. The second kappa shape index (κ2) is 7.26. The van der Waals surface area contributed by atoms with Crippen molar-refractivity contribution in [1.29, 1.82) is 0 Å². The summed E-state index contributed by atoms with van der Waals surface area (Å²) < 4.78 is 5.76. The summed E-state index contributed by atoms with van der Waals surface area (Å²) in [5.41, 5.74) is 0.563. The molecule has 1 N–H and O–H groups in total. The molecule has 4 rings (SSSR count). The van der Waals surface area contributed by atoms with Crippen molar-refractivity contribution in [2.75, 3.05) is 23.3 Å². The zero-order chi connectivity index (χ0) is 18.9. The molecule has 27 heavy (non-hydrogen) atoms. The fourth-order valence-electron chi connectivity index (χ4n) is 3.77. The van der Waals surface area contributed by atoms with Gasteiger partial charge in [0.2, 0.25) is 0 Å². The normalized spacial score (nSPS) is 24.9. The highest BCUT2D eigenvalue weighted by molar-refractivity contribution is 6.29. The predicted octanol–water partition coefficient (Wildman–Crippen LogP) is 3.23. The third-order valence-electron chi connectivity index (χ3n) is 5.33. The fraction of sp³-hybridized carbons (Fsp3) is 0.500. The van der Waals surface area contributed by atoms with Gasteiger partial charge < -0.3 is 10.1 Å². The van der Waals surface area contributed by atoms with Gasteiger partial charge in [0.25, 0.3) is 0 Å². The van der Waals surface area contributed by atoms with E-state index in [1.165, 1.54) is 0 Å². The molecule has 2 aromatic rings. The number of ether oxygens (including phenoxy) is 1. The number of anilines is 2. The standard InChI is InChI=1S/C18H21ClN6O2/c1-12-9-14(19)22-24-16(12)20-10-13-4-6-18(7-5-13)11-25(17(26)27-18)15-3-2-8-21-23-15/h2-3,8-9,13H,4-7,10-11H2,1H3,(H,20,24). The van der Waals surface area contributed by atoms with E-state index in [9.17, 15) is 4.79 Å². The fourth-order valence-corrected chi connectivity index (χ4v) is 3.97. The topological polar surface area (TPSA) is 93.1 Å². The molecule has 2 fully saturated rings. The molecule has 0 atom stereocenters. The molecule has 1 aliphatic carbocycles. The van der Waals surface area contributed by atoms with Crippen LogP contribution in [-0.4, -0.2) is 45.2 Å². The van der Waals surface area contributed by atoms with Crippen molar-refractivity contribution in [1.82, 2.24) is 20.4 Å². The van der Waals surface area contributed by atoms with Crippen LogP contribution in [0, 0.1) is 12.8 Å². The van der Waals surface area contributed by atoms with E-state index in [2.05, 4.69) is 25.7 Å². The Hall–Kier alpha value is -2.48. The molecule has 3 heterocycles. The number of rotatable bonds is 4. The molecule has 1 amide bonds. The third-order valence-corrected chi connectivity index (χ3v) is 5.52. The van der Waals surface area contributed by atoms with Crippen LogP contribution in [-0.2, 0) is 4.74 Å². The van der Waals surface area contributed by atoms with E-state index in [1.54, 1.807) is 29.3 Å². The summed E-state index contributed by atoms with van der Waals surface area (Å²) in [6, 6.07) is 5.34. The van der Waals surface area contributed by atoms with E-state index >= 15 is 0 Å². The molecule has 142 valence electrons. The van der Waals surface area contributed by atoms with Gasteiger partial charge in [0.15, 0.2) is 16.8 Å². The zero-order valence-electron chi connectivity index (χ0n) is 15.1. The average molecular weight is 389 g/mol. The summed E-state index contributed by atoms with van der Waals surface area (Å²) >= 11 is 5.85. The van der Waals surface area contributed by atoms with Crippen molar-refractivity contribution < 1.29 is 9.53 Å². The van der Waals surface area contributed by atoms with Gasteiger partial charge in [-0.1, -0.05) is 11.6 Å². The molecule has 1 aliphatic heterocycles. The van der Waals surface area contributed by atoms with Gasteiger partial charge in [-0.15, -0.1) is 15.3 Å². The first-order chi connectivity index (χ1) is 13.0. The lowest BCUT2D eigenvalue weighted by Gasteiger charge is -2.35. The summed E-state index contributed by atoms with van der Waals surface area (Å²) in [4.78, 5) is 13.9. The smallest absolute Gasteiger partial charge is 0.416 e. The molecule has 1 spiro atoms. The van der Waals surface area contributed by atoms with Crippen molar-refractivity contribution in [3.8, 4) is 0 Å². The lowest BCUT2D eigenvalue weighted by molar-refractivity contribution is 0.0148. The number of aryl methyl sites for hydroxylation is 1. The van der Waals surface area contributed by atoms with E-state index in [-0.39, 0.29) is 6.09 Å². The van der Waals surface area contributed by atoms with Crippen LogP contribution < -0.4 is 10.2 Å². The minimum absolute atomic E-state index is 0.334. The van der Waals surface area contributed by atoms with Crippen LogP contribution in [0.5, 0.6) is 0 Å². The highest BCUT2D eigenvalue weighted by atomic mass is 35.5. The number of nitrogens with one attached hydrogen (secondary N) is 1. The van der Waals surface area contributed by atoms with Crippen LogP contribution in [0.15, 0.2) is 24.4 Å². The van der Waals surface area contributed by atoms with Gasteiger partial charge >= 0.3 is 6.09 Å². The Morgan fingerprint density at radius 3 is 2.85 bits per heavy atom. The number of hydrogen-bond donors (Lipinski definition) is 1. The highest BCUT2D eigenvalue weighted by Gasteiger charge is 2.48. The monoisotopic (exact) mass is 388 g/mol. The molecule has 2 aliphatic rings. The number of aromatic nitrogens is 4. The molecule has 2 aromatic heterocycles.